The van der Waals surface area contributed by atoms with Crippen LogP contribution in [-0.2, 0) is 11.3 Å². The molecule has 2 aliphatic heterocycles. The molecule has 0 spiro atoms. The number of benzene rings is 1. The molecule has 138 valence electrons. The van der Waals surface area contributed by atoms with Gasteiger partial charge in [0.15, 0.2) is 0 Å². The number of carbonyl (C=O) groups is 1. The molecule has 26 heavy (non-hydrogen) atoms. The summed E-state index contributed by atoms with van der Waals surface area (Å²) >= 11 is 0. The standard InChI is InChI=1S/C21H28N4O/c1-16-6-3-4-7-19(16)21-20-14-24(10-5-9-23-11-8-22-15-23)12-18(20)13-25(21)17(2)26/h3-4,6-8,11,15,18,20-21H,5,9-10,12-14H2,1-2H3/t18-,20-,21+/m1/s1. The molecule has 2 saturated heterocycles. The summed E-state index contributed by atoms with van der Waals surface area (Å²) in [6.45, 7) is 9.13. The van der Waals surface area contributed by atoms with Crippen LogP contribution in [0.15, 0.2) is 43.0 Å². The normalized spacial score (nSPS) is 25.6. The van der Waals surface area contributed by atoms with E-state index in [1.165, 1.54) is 11.1 Å². The minimum Gasteiger partial charge on any atom is -0.337 e. The van der Waals surface area contributed by atoms with Crippen LogP contribution in [-0.4, -0.2) is 51.4 Å². The Kier molecular flexibility index (Phi) is 4.81. The van der Waals surface area contributed by atoms with Crippen molar-refractivity contribution < 1.29 is 4.79 Å². The highest BCUT2D eigenvalue weighted by atomic mass is 16.2. The highest BCUT2D eigenvalue weighted by Crippen LogP contribution is 2.45. The van der Waals surface area contributed by atoms with Crippen LogP contribution in [0.25, 0.3) is 0 Å². The number of nitrogens with zero attached hydrogens (tertiary/aromatic N) is 4. The summed E-state index contributed by atoms with van der Waals surface area (Å²) in [5.74, 6) is 1.35. The Labute approximate surface area is 155 Å². The Hall–Kier alpha value is -2.14. The molecule has 2 fully saturated rings. The number of amides is 1. The van der Waals surface area contributed by atoms with Crippen molar-refractivity contribution >= 4 is 5.91 Å². The fourth-order valence-electron chi connectivity index (χ4n) is 4.86. The molecule has 0 unspecified atom stereocenters. The number of imidazole rings is 1. The lowest BCUT2D eigenvalue weighted by Crippen LogP contribution is -2.35. The number of likely N-dealkylation sites (tertiary alicyclic amines) is 2. The number of aryl methyl sites for hydroxylation is 2. The summed E-state index contributed by atoms with van der Waals surface area (Å²) in [6.07, 6.45) is 6.89. The topological polar surface area (TPSA) is 41.4 Å². The van der Waals surface area contributed by atoms with E-state index in [1.807, 2.05) is 18.7 Å². The quantitative estimate of drug-likeness (QED) is 0.831. The van der Waals surface area contributed by atoms with Crippen LogP contribution in [0.5, 0.6) is 0 Å². The Morgan fingerprint density at radius 3 is 2.77 bits per heavy atom. The van der Waals surface area contributed by atoms with Gasteiger partial charge in [-0.2, -0.15) is 0 Å². The van der Waals surface area contributed by atoms with E-state index in [0.717, 1.165) is 39.1 Å². The number of fused-ring (bicyclic) bond motifs is 1. The molecule has 3 heterocycles. The average Bonchev–Trinajstić information content (AvgIpc) is 3.31. The second-order valence-corrected chi connectivity index (χ2v) is 7.81. The van der Waals surface area contributed by atoms with Gasteiger partial charge in [0.25, 0.3) is 0 Å². The van der Waals surface area contributed by atoms with Gasteiger partial charge in [-0.3, -0.25) is 4.79 Å². The van der Waals surface area contributed by atoms with Crippen molar-refractivity contribution in [3.05, 3.63) is 54.1 Å². The van der Waals surface area contributed by atoms with Crippen LogP contribution < -0.4 is 0 Å². The second-order valence-electron chi connectivity index (χ2n) is 7.81. The van der Waals surface area contributed by atoms with Crippen molar-refractivity contribution in [3.63, 3.8) is 0 Å². The zero-order valence-corrected chi connectivity index (χ0v) is 15.7. The molecule has 0 radical (unpaired) electrons. The number of carbonyl (C=O) groups excluding carboxylic acids is 1. The van der Waals surface area contributed by atoms with Gasteiger partial charge in [-0.25, -0.2) is 4.98 Å². The highest BCUT2D eigenvalue weighted by Gasteiger charge is 2.48. The van der Waals surface area contributed by atoms with Crippen molar-refractivity contribution in [1.29, 1.82) is 0 Å². The van der Waals surface area contributed by atoms with Crippen molar-refractivity contribution in [2.24, 2.45) is 11.8 Å². The van der Waals surface area contributed by atoms with Crippen molar-refractivity contribution in [2.45, 2.75) is 32.9 Å². The molecule has 0 bridgehead atoms. The SMILES string of the molecule is CC(=O)N1C[C@H]2CN(CCCn3ccnc3)C[C@H]2[C@@H]1c1ccccc1C. The van der Waals surface area contributed by atoms with Gasteiger partial charge >= 0.3 is 0 Å². The van der Waals surface area contributed by atoms with E-state index < -0.39 is 0 Å². The lowest BCUT2D eigenvalue weighted by Gasteiger charge is -2.30. The van der Waals surface area contributed by atoms with Crippen LogP contribution in [0, 0.1) is 18.8 Å². The predicted molar refractivity (Wildman–Crippen MR) is 102 cm³/mol. The maximum Gasteiger partial charge on any atom is 0.219 e. The summed E-state index contributed by atoms with van der Waals surface area (Å²) in [4.78, 5) is 21.1. The van der Waals surface area contributed by atoms with Crippen molar-refractivity contribution in [1.82, 2.24) is 19.4 Å². The van der Waals surface area contributed by atoms with Gasteiger partial charge in [0.1, 0.15) is 0 Å². The van der Waals surface area contributed by atoms with Gasteiger partial charge < -0.3 is 14.4 Å². The average molecular weight is 352 g/mol. The first-order valence-electron chi connectivity index (χ1n) is 9.64. The Morgan fingerprint density at radius 2 is 2.04 bits per heavy atom. The summed E-state index contributed by atoms with van der Waals surface area (Å²) < 4.78 is 2.14. The summed E-state index contributed by atoms with van der Waals surface area (Å²) in [6, 6.07) is 8.79. The molecule has 2 aromatic rings. The third-order valence-corrected chi connectivity index (χ3v) is 6.10. The zero-order chi connectivity index (χ0) is 18.1. The first-order chi connectivity index (χ1) is 12.6. The molecule has 3 atom stereocenters. The van der Waals surface area contributed by atoms with E-state index >= 15 is 0 Å². The van der Waals surface area contributed by atoms with Gasteiger partial charge in [0, 0.05) is 51.4 Å². The predicted octanol–water partition coefficient (Wildman–Crippen LogP) is 2.73. The monoisotopic (exact) mass is 352 g/mol. The number of hydrogen-bond donors (Lipinski definition) is 0. The first-order valence-corrected chi connectivity index (χ1v) is 9.64. The van der Waals surface area contributed by atoms with E-state index in [0.29, 0.717) is 11.8 Å². The van der Waals surface area contributed by atoms with E-state index in [4.69, 9.17) is 0 Å². The smallest absolute Gasteiger partial charge is 0.219 e. The summed E-state index contributed by atoms with van der Waals surface area (Å²) in [5.41, 5.74) is 2.62. The van der Waals surface area contributed by atoms with Gasteiger partial charge in [-0.1, -0.05) is 24.3 Å². The van der Waals surface area contributed by atoms with Crippen LogP contribution in [0.4, 0.5) is 0 Å². The van der Waals surface area contributed by atoms with Gasteiger partial charge in [0.05, 0.1) is 12.4 Å². The molecule has 2 aliphatic rings. The second kappa shape index (κ2) is 7.23. The van der Waals surface area contributed by atoms with E-state index in [2.05, 4.69) is 50.5 Å². The zero-order valence-electron chi connectivity index (χ0n) is 15.7. The Balaban J connectivity index is 1.44. The van der Waals surface area contributed by atoms with Crippen molar-refractivity contribution in [2.75, 3.05) is 26.2 Å². The minimum absolute atomic E-state index is 0.208. The lowest BCUT2D eigenvalue weighted by molar-refractivity contribution is -0.130. The third-order valence-electron chi connectivity index (χ3n) is 6.10. The Bertz CT molecular complexity index is 757. The van der Waals surface area contributed by atoms with E-state index in [9.17, 15) is 4.79 Å². The van der Waals surface area contributed by atoms with Gasteiger partial charge in [-0.15, -0.1) is 0 Å². The minimum atomic E-state index is 0.208. The molecule has 5 heteroatoms. The fraction of sp³-hybridized carbons (Fsp3) is 0.524. The molecule has 0 aliphatic carbocycles. The maximum atomic E-state index is 12.3. The lowest BCUT2D eigenvalue weighted by atomic mass is 9.87. The summed E-state index contributed by atoms with van der Waals surface area (Å²) in [7, 11) is 0. The number of rotatable bonds is 5. The van der Waals surface area contributed by atoms with Crippen LogP contribution in [0.3, 0.4) is 0 Å². The molecule has 4 rings (SSSR count). The number of aromatic nitrogens is 2. The van der Waals surface area contributed by atoms with Crippen LogP contribution in [0.2, 0.25) is 0 Å². The van der Waals surface area contributed by atoms with Gasteiger partial charge in [-0.05, 0) is 36.9 Å². The van der Waals surface area contributed by atoms with Gasteiger partial charge in [0.2, 0.25) is 5.91 Å². The molecule has 0 saturated carbocycles. The maximum absolute atomic E-state index is 12.3. The largest absolute Gasteiger partial charge is 0.337 e. The molecular formula is C21H28N4O. The molecule has 1 aromatic heterocycles. The van der Waals surface area contributed by atoms with Crippen molar-refractivity contribution in [3.8, 4) is 0 Å². The first kappa shape index (κ1) is 17.3. The summed E-state index contributed by atoms with van der Waals surface area (Å²) in [5, 5.41) is 0. The number of hydrogen-bond acceptors (Lipinski definition) is 3. The molecular weight excluding hydrogens is 324 g/mol. The molecule has 0 N–H and O–H groups in total. The highest BCUT2D eigenvalue weighted by molar-refractivity contribution is 5.74. The fourth-order valence-corrected chi connectivity index (χ4v) is 4.86. The Morgan fingerprint density at radius 1 is 1.19 bits per heavy atom. The van der Waals surface area contributed by atoms with Crippen LogP contribution >= 0.6 is 0 Å². The van der Waals surface area contributed by atoms with E-state index in [1.54, 1.807) is 6.92 Å². The molecule has 5 nitrogen and oxygen atoms in total. The third kappa shape index (κ3) is 3.28. The van der Waals surface area contributed by atoms with E-state index in [-0.39, 0.29) is 11.9 Å². The molecule has 1 amide bonds. The molecule has 1 aromatic carbocycles. The van der Waals surface area contributed by atoms with Crippen LogP contribution in [0.1, 0.15) is 30.5 Å².